The zero-order valence-corrected chi connectivity index (χ0v) is 10.0. The van der Waals surface area contributed by atoms with E-state index < -0.39 is 23.9 Å². The fourth-order valence-electron chi connectivity index (χ4n) is 1.16. The van der Waals surface area contributed by atoms with Gasteiger partial charge in [0, 0.05) is 12.5 Å². The Morgan fingerprint density at radius 1 is 1.24 bits per heavy atom. The van der Waals surface area contributed by atoms with E-state index >= 15 is 0 Å². The van der Waals surface area contributed by atoms with Crippen LogP contribution in [0, 0.1) is 0 Å². The fraction of sp³-hybridized carbons (Fsp3) is 0.700. The van der Waals surface area contributed by atoms with Crippen LogP contribution in [0.4, 0.5) is 4.79 Å². The molecule has 0 saturated heterocycles. The van der Waals surface area contributed by atoms with Gasteiger partial charge in [-0.05, 0) is 26.7 Å². The molecule has 0 aromatic heterocycles. The summed E-state index contributed by atoms with van der Waals surface area (Å²) in [6.07, 6.45) is 1.12. The van der Waals surface area contributed by atoms with Crippen LogP contribution >= 0.6 is 0 Å². The minimum absolute atomic E-state index is 0.0747. The molecule has 3 amide bonds. The number of carboxylic acid groups (broad SMARTS) is 1. The van der Waals surface area contributed by atoms with Crippen molar-refractivity contribution in [3.63, 3.8) is 0 Å². The Bertz CT molecular complexity index is 293. The van der Waals surface area contributed by atoms with E-state index in [0.29, 0.717) is 12.8 Å². The van der Waals surface area contributed by atoms with Gasteiger partial charge in [0.1, 0.15) is 6.04 Å². The number of hydrogen-bond donors (Lipinski definition) is 4. The van der Waals surface area contributed by atoms with Crippen LogP contribution in [-0.2, 0) is 9.59 Å². The van der Waals surface area contributed by atoms with Crippen molar-refractivity contribution in [2.45, 2.75) is 45.2 Å². The molecular weight excluding hydrogens is 226 g/mol. The number of urea groups is 1. The van der Waals surface area contributed by atoms with E-state index in [-0.39, 0.29) is 12.5 Å². The lowest BCUT2D eigenvalue weighted by molar-refractivity contribution is -0.137. The Balaban J connectivity index is 3.80. The third-order valence-electron chi connectivity index (χ3n) is 2.18. The molecule has 0 bridgehead atoms. The Kier molecular flexibility index (Phi) is 6.69. The van der Waals surface area contributed by atoms with Crippen molar-refractivity contribution < 1.29 is 19.5 Å². The molecule has 0 aliphatic carbocycles. The molecule has 7 heteroatoms. The molecule has 7 nitrogen and oxygen atoms in total. The van der Waals surface area contributed by atoms with Gasteiger partial charge in [0.25, 0.3) is 0 Å². The Morgan fingerprint density at radius 3 is 2.29 bits per heavy atom. The third kappa shape index (κ3) is 8.06. The highest BCUT2D eigenvalue weighted by Gasteiger charge is 2.13. The van der Waals surface area contributed by atoms with Crippen LogP contribution in [0.5, 0.6) is 0 Å². The van der Waals surface area contributed by atoms with Crippen LogP contribution in [0.3, 0.4) is 0 Å². The number of rotatable bonds is 7. The summed E-state index contributed by atoms with van der Waals surface area (Å²) in [5, 5.41) is 13.4. The van der Waals surface area contributed by atoms with Crippen molar-refractivity contribution in [2.75, 3.05) is 0 Å². The Morgan fingerprint density at radius 2 is 1.82 bits per heavy atom. The summed E-state index contributed by atoms with van der Waals surface area (Å²) < 4.78 is 0. The van der Waals surface area contributed by atoms with Crippen LogP contribution in [0.15, 0.2) is 0 Å². The third-order valence-corrected chi connectivity index (χ3v) is 2.18. The van der Waals surface area contributed by atoms with Gasteiger partial charge in [-0.2, -0.15) is 0 Å². The molecule has 0 aliphatic rings. The maximum absolute atomic E-state index is 11.3. The molecular formula is C10H19N3O4. The van der Waals surface area contributed by atoms with Gasteiger partial charge in [-0.1, -0.05) is 0 Å². The standard InChI is InChI=1S/C10H19N3O4/c1-6(4-3-5-8(14)15)12-10(17)13-7(2)9(11)16/h6-7H,3-5H2,1-2H3,(H2,11,16)(H,14,15)(H2,12,13,17). The van der Waals surface area contributed by atoms with Crippen LogP contribution in [0.25, 0.3) is 0 Å². The maximum Gasteiger partial charge on any atom is 0.315 e. The molecule has 0 radical (unpaired) electrons. The predicted molar refractivity (Wildman–Crippen MR) is 61.3 cm³/mol. The molecule has 0 fully saturated rings. The van der Waals surface area contributed by atoms with Crippen molar-refractivity contribution in [3.05, 3.63) is 0 Å². The van der Waals surface area contributed by atoms with Crippen LogP contribution in [0.2, 0.25) is 0 Å². The summed E-state index contributed by atoms with van der Waals surface area (Å²) in [5.74, 6) is -1.47. The van der Waals surface area contributed by atoms with Crippen molar-refractivity contribution >= 4 is 17.9 Å². The van der Waals surface area contributed by atoms with Gasteiger partial charge in [-0.15, -0.1) is 0 Å². The normalized spacial score (nSPS) is 13.5. The molecule has 0 heterocycles. The number of nitrogens with two attached hydrogens (primary N) is 1. The van der Waals surface area contributed by atoms with E-state index in [1.165, 1.54) is 6.92 Å². The molecule has 2 unspecified atom stereocenters. The number of carbonyl (C=O) groups is 3. The fourth-order valence-corrected chi connectivity index (χ4v) is 1.16. The van der Waals surface area contributed by atoms with E-state index in [4.69, 9.17) is 10.8 Å². The quantitative estimate of drug-likeness (QED) is 0.496. The molecule has 2 atom stereocenters. The number of amides is 3. The monoisotopic (exact) mass is 245 g/mol. The van der Waals surface area contributed by atoms with E-state index in [1.807, 2.05) is 0 Å². The van der Waals surface area contributed by atoms with Crippen molar-refractivity contribution in [1.29, 1.82) is 0 Å². The average Bonchev–Trinajstić information content (AvgIpc) is 2.16. The summed E-state index contributed by atoms with van der Waals surface area (Å²) in [6.45, 7) is 3.24. The molecule has 17 heavy (non-hydrogen) atoms. The molecule has 0 rings (SSSR count). The number of hydrogen-bond acceptors (Lipinski definition) is 3. The molecule has 0 aromatic rings. The lowest BCUT2D eigenvalue weighted by Crippen LogP contribution is -2.48. The molecule has 98 valence electrons. The Labute approximate surface area is 99.7 Å². The minimum Gasteiger partial charge on any atom is -0.481 e. The van der Waals surface area contributed by atoms with Gasteiger partial charge in [-0.25, -0.2) is 4.79 Å². The second-order valence-electron chi connectivity index (χ2n) is 3.93. The summed E-state index contributed by atoms with van der Waals surface area (Å²) in [5.41, 5.74) is 4.98. The minimum atomic E-state index is -0.857. The number of carbonyl (C=O) groups excluding carboxylic acids is 2. The van der Waals surface area contributed by atoms with E-state index in [9.17, 15) is 14.4 Å². The summed E-state index contributed by atoms with van der Waals surface area (Å²) in [4.78, 5) is 32.3. The first-order chi connectivity index (χ1) is 7.82. The molecule has 5 N–H and O–H groups in total. The first-order valence-corrected chi connectivity index (χ1v) is 5.41. The SMILES string of the molecule is CC(CCCC(=O)O)NC(=O)NC(C)C(N)=O. The molecule has 0 aliphatic heterocycles. The summed E-state index contributed by atoms with van der Waals surface area (Å²) >= 11 is 0. The van der Waals surface area contributed by atoms with Crippen molar-refractivity contribution in [2.24, 2.45) is 5.73 Å². The highest BCUT2D eigenvalue weighted by molar-refractivity contribution is 5.85. The van der Waals surface area contributed by atoms with Gasteiger partial charge >= 0.3 is 12.0 Å². The van der Waals surface area contributed by atoms with Gasteiger partial charge in [0.05, 0.1) is 0 Å². The van der Waals surface area contributed by atoms with E-state index in [2.05, 4.69) is 10.6 Å². The summed E-state index contributed by atoms with van der Waals surface area (Å²) in [7, 11) is 0. The van der Waals surface area contributed by atoms with E-state index in [0.717, 1.165) is 0 Å². The second kappa shape index (κ2) is 7.48. The highest BCUT2D eigenvalue weighted by Crippen LogP contribution is 2.00. The number of aliphatic carboxylic acids is 1. The van der Waals surface area contributed by atoms with Gasteiger partial charge in [0.2, 0.25) is 5.91 Å². The molecule has 0 spiro atoms. The van der Waals surface area contributed by atoms with Gasteiger partial charge in [0.15, 0.2) is 0 Å². The van der Waals surface area contributed by atoms with Crippen molar-refractivity contribution in [3.8, 4) is 0 Å². The Hall–Kier alpha value is -1.79. The van der Waals surface area contributed by atoms with E-state index in [1.54, 1.807) is 6.92 Å². The van der Waals surface area contributed by atoms with Gasteiger partial charge < -0.3 is 21.5 Å². The zero-order valence-electron chi connectivity index (χ0n) is 10.0. The second-order valence-corrected chi connectivity index (χ2v) is 3.93. The lowest BCUT2D eigenvalue weighted by Gasteiger charge is -2.16. The largest absolute Gasteiger partial charge is 0.481 e. The predicted octanol–water partition coefficient (Wildman–Crippen LogP) is -0.197. The zero-order chi connectivity index (χ0) is 13.4. The van der Waals surface area contributed by atoms with Gasteiger partial charge in [-0.3, -0.25) is 9.59 Å². The van der Waals surface area contributed by atoms with Crippen molar-refractivity contribution in [1.82, 2.24) is 10.6 Å². The van der Waals surface area contributed by atoms with Crippen LogP contribution < -0.4 is 16.4 Å². The topological polar surface area (TPSA) is 122 Å². The summed E-state index contributed by atoms with van der Waals surface area (Å²) in [6, 6.07) is -1.38. The maximum atomic E-state index is 11.3. The highest BCUT2D eigenvalue weighted by atomic mass is 16.4. The first-order valence-electron chi connectivity index (χ1n) is 5.41. The number of nitrogens with one attached hydrogen (secondary N) is 2. The smallest absolute Gasteiger partial charge is 0.315 e. The molecule has 0 saturated carbocycles. The first kappa shape index (κ1) is 15.2. The van der Waals surface area contributed by atoms with Crippen LogP contribution in [-0.4, -0.2) is 35.1 Å². The average molecular weight is 245 g/mol. The number of carboxylic acids is 1. The lowest BCUT2D eigenvalue weighted by atomic mass is 10.1. The number of primary amides is 1. The molecule has 0 aromatic carbocycles. The van der Waals surface area contributed by atoms with Crippen LogP contribution in [0.1, 0.15) is 33.1 Å².